The maximum absolute atomic E-state index is 12.0. The molecule has 0 unspecified atom stereocenters. The van der Waals surface area contributed by atoms with Gasteiger partial charge in [-0.3, -0.25) is 9.69 Å². The zero-order chi connectivity index (χ0) is 15.6. The van der Waals surface area contributed by atoms with Crippen LogP contribution in [0.25, 0.3) is 6.08 Å². The van der Waals surface area contributed by atoms with Gasteiger partial charge in [-0.05, 0) is 46.6 Å². The number of ether oxygens (including phenoxy) is 2. The quantitative estimate of drug-likeness (QED) is 0.581. The number of carbonyl (C=O) groups is 1. The van der Waals surface area contributed by atoms with Gasteiger partial charge >= 0.3 is 0 Å². The number of thioether (sulfide) groups is 1. The summed E-state index contributed by atoms with van der Waals surface area (Å²) in [6.07, 6.45) is 1.80. The summed E-state index contributed by atoms with van der Waals surface area (Å²) in [6.45, 7) is 2.44. The summed E-state index contributed by atoms with van der Waals surface area (Å²) < 4.78 is 12.2. The summed E-state index contributed by atoms with van der Waals surface area (Å²) in [5.74, 6) is 1.18. The molecule has 0 bridgehead atoms. The zero-order valence-electron chi connectivity index (χ0n) is 11.8. The van der Waals surface area contributed by atoms with Gasteiger partial charge in [-0.1, -0.05) is 24.0 Å². The average Bonchev–Trinajstić information content (AvgIpc) is 2.67. The maximum atomic E-state index is 12.0. The molecule has 0 aromatic heterocycles. The van der Waals surface area contributed by atoms with Crippen molar-refractivity contribution in [3.05, 3.63) is 27.1 Å². The van der Waals surface area contributed by atoms with E-state index in [4.69, 9.17) is 21.7 Å². The Bertz CT molecular complexity index is 631. The van der Waals surface area contributed by atoms with Crippen molar-refractivity contribution in [2.24, 2.45) is 0 Å². The van der Waals surface area contributed by atoms with Gasteiger partial charge in [0.1, 0.15) is 4.32 Å². The van der Waals surface area contributed by atoms with E-state index in [1.54, 1.807) is 20.2 Å². The third-order valence-corrected chi connectivity index (χ3v) is 4.89. The lowest BCUT2D eigenvalue weighted by molar-refractivity contribution is -0.121. The number of hydrogen-bond donors (Lipinski definition) is 0. The Hall–Kier alpha value is -1.05. The van der Waals surface area contributed by atoms with Gasteiger partial charge < -0.3 is 9.47 Å². The van der Waals surface area contributed by atoms with E-state index in [1.807, 2.05) is 19.1 Å². The Balaban J connectivity index is 2.41. The number of hydrogen-bond acceptors (Lipinski definition) is 5. The van der Waals surface area contributed by atoms with Crippen LogP contribution in [0.3, 0.4) is 0 Å². The van der Waals surface area contributed by atoms with Crippen molar-refractivity contribution in [3.63, 3.8) is 0 Å². The van der Waals surface area contributed by atoms with Crippen molar-refractivity contribution in [1.29, 1.82) is 0 Å². The fourth-order valence-electron chi connectivity index (χ4n) is 1.83. The largest absolute Gasteiger partial charge is 0.492 e. The first-order chi connectivity index (χ1) is 9.97. The first-order valence-corrected chi connectivity index (χ1v) is 8.21. The topological polar surface area (TPSA) is 38.8 Å². The van der Waals surface area contributed by atoms with Crippen molar-refractivity contribution in [2.45, 2.75) is 6.92 Å². The minimum Gasteiger partial charge on any atom is -0.492 e. The number of benzene rings is 1. The molecule has 1 aliphatic rings. The van der Waals surface area contributed by atoms with Gasteiger partial charge in [0.15, 0.2) is 11.5 Å². The molecule has 1 amide bonds. The molecule has 112 valence electrons. The monoisotopic (exact) mass is 387 g/mol. The number of likely N-dealkylation sites (N-methyl/N-ethyl adjacent to an activating group) is 1. The Morgan fingerprint density at radius 2 is 2.19 bits per heavy atom. The minimum absolute atomic E-state index is 0.0881. The number of nitrogens with zero attached hydrogens (tertiary/aromatic N) is 1. The van der Waals surface area contributed by atoms with Crippen LogP contribution in [-0.4, -0.2) is 35.9 Å². The van der Waals surface area contributed by atoms with Crippen LogP contribution in [0.2, 0.25) is 0 Å². The van der Waals surface area contributed by atoms with Gasteiger partial charge in [-0.2, -0.15) is 0 Å². The summed E-state index contributed by atoms with van der Waals surface area (Å²) in [5, 5.41) is 0. The number of methoxy groups -OCH3 is 1. The van der Waals surface area contributed by atoms with E-state index in [2.05, 4.69) is 15.9 Å². The van der Waals surface area contributed by atoms with E-state index in [1.165, 1.54) is 16.7 Å². The second kappa shape index (κ2) is 6.81. The Kier molecular flexibility index (Phi) is 5.29. The molecular weight excluding hydrogens is 374 g/mol. The predicted molar refractivity (Wildman–Crippen MR) is 92.8 cm³/mol. The van der Waals surface area contributed by atoms with E-state index in [-0.39, 0.29) is 5.91 Å². The zero-order valence-corrected chi connectivity index (χ0v) is 15.0. The average molecular weight is 388 g/mol. The third-order valence-electron chi connectivity index (χ3n) is 2.82. The van der Waals surface area contributed by atoms with Crippen LogP contribution in [0.4, 0.5) is 0 Å². The number of thiocarbonyl (C=S) groups is 1. The Morgan fingerprint density at radius 3 is 2.71 bits per heavy atom. The van der Waals surface area contributed by atoms with E-state index < -0.39 is 0 Å². The van der Waals surface area contributed by atoms with Gasteiger partial charge in [0.2, 0.25) is 0 Å². The van der Waals surface area contributed by atoms with Crippen LogP contribution < -0.4 is 9.47 Å². The molecule has 1 heterocycles. The van der Waals surface area contributed by atoms with E-state index >= 15 is 0 Å². The van der Waals surface area contributed by atoms with Gasteiger partial charge in [0.05, 0.1) is 23.1 Å². The lowest BCUT2D eigenvalue weighted by Gasteiger charge is -2.12. The summed E-state index contributed by atoms with van der Waals surface area (Å²) in [7, 11) is 3.26. The van der Waals surface area contributed by atoms with Gasteiger partial charge in [0, 0.05) is 7.05 Å². The lowest BCUT2D eigenvalue weighted by Crippen LogP contribution is -2.22. The molecule has 7 heteroatoms. The van der Waals surface area contributed by atoms with Crippen LogP contribution in [0.1, 0.15) is 12.5 Å². The highest BCUT2D eigenvalue weighted by Crippen LogP contribution is 2.38. The van der Waals surface area contributed by atoms with Crippen LogP contribution in [0.15, 0.2) is 21.5 Å². The minimum atomic E-state index is -0.0881. The molecule has 1 aromatic carbocycles. The second-order valence-corrected chi connectivity index (χ2v) is 6.74. The van der Waals surface area contributed by atoms with Crippen molar-refractivity contribution in [1.82, 2.24) is 4.90 Å². The normalized spacial score (nSPS) is 16.8. The highest BCUT2D eigenvalue weighted by Gasteiger charge is 2.28. The molecule has 21 heavy (non-hydrogen) atoms. The predicted octanol–water partition coefficient (Wildman–Crippen LogP) is 3.69. The third kappa shape index (κ3) is 3.41. The smallest absolute Gasteiger partial charge is 0.265 e. The SMILES string of the molecule is CCOc1cc(/C=C2\SC(=S)N(C)C2=O)cc(Br)c1OC. The van der Waals surface area contributed by atoms with Crippen molar-refractivity contribution < 1.29 is 14.3 Å². The van der Waals surface area contributed by atoms with Crippen LogP contribution in [-0.2, 0) is 4.79 Å². The molecule has 1 aliphatic heterocycles. The first kappa shape index (κ1) is 16.3. The molecule has 0 atom stereocenters. The second-order valence-electron chi connectivity index (χ2n) is 4.21. The first-order valence-electron chi connectivity index (χ1n) is 6.19. The molecule has 1 fully saturated rings. The van der Waals surface area contributed by atoms with Crippen LogP contribution >= 0.6 is 39.9 Å². The fraction of sp³-hybridized carbons (Fsp3) is 0.286. The molecule has 0 N–H and O–H groups in total. The lowest BCUT2D eigenvalue weighted by atomic mass is 10.2. The summed E-state index contributed by atoms with van der Waals surface area (Å²) in [5.41, 5.74) is 0.847. The molecular formula is C14H14BrNO3S2. The molecule has 0 saturated carbocycles. The number of halogens is 1. The van der Waals surface area contributed by atoms with Gasteiger partial charge in [-0.15, -0.1) is 0 Å². The molecule has 1 aromatic rings. The standard InChI is InChI=1S/C14H14BrNO3S2/c1-4-19-10-6-8(5-9(15)12(10)18-3)7-11-13(17)16(2)14(20)21-11/h5-7H,4H2,1-3H3/b11-7-. The molecule has 0 spiro atoms. The summed E-state index contributed by atoms with van der Waals surface area (Å²) in [4.78, 5) is 14.1. The molecule has 0 aliphatic carbocycles. The van der Waals surface area contributed by atoms with Crippen molar-refractivity contribution in [2.75, 3.05) is 20.8 Å². The molecule has 4 nitrogen and oxygen atoms in total. The van der Waals surface area contributed by atoms with E-state index in [9.17, 15) is 4.79 Å². The molecule has 0 radical (unpaired) electrons. The van der Waals surface area contributed by atoms with Gasteiger partial charge in [0.25, 0.3) is 5.91 Å². The van der Waals surface area contributed by atoms with E-state index in [0.29, 0.717) is 27.3 Å². The van der Waals surface area contributed by atoms with E-state index in [0.717, 1.165) is 10.0 Å². The highest BCUT2D eigenvalue weighted by atomic mass is 79.9. The number of carbonyl (C=O) groups excluding carboxylic acids is 1. The van der Waals surface area contributed by atoms with Crippen molar-refractivity contribution >= 4 is 56.2 Å². The molecule has 2 rings (SSSR count). The van der Waals surface area contributed by atoms with Crippen LogP contribution in [0.5, 0.6) is 11.5 Å². The maximum Gasteiger partial charge on any atom is 0.265 e. The Morgan fingerprint density at radius 1 is 1.48 bits per heavy atom. The molecule has 1 saturated heterocycles. The van der Waals surface area contributed by atoms with Crippen LogP contribution in [0, 0.1) is 0 Å². The number of amides is 1. The fourth-order valence-corrected chi connectivity index (χ4v) is 3.63. The highest BCUT2D eigenvalue weighted by molar-refractivity contribution is 9.10. The summed E-state index contributed by atoms with van der Waals surface area (Å²) in [6, 6.07) is 3.72. The summed E-state index contributed by atoms with van der Waals surface area (Å²) >= 11 is 9.87. The van der Waals surface area contributed by atoms with Gasteiger partial charge in [-0.25, -0.2) is 0 Å². The number of rotatable bonds is 4. The Labute approximate surface area is 141 Å². The van der Waals surface area contributed by atoms with Crippen molar-refractivity contribution in [3.8, 4) is 11.5 Å².